The number of carboxylic acids is 1. The van der Waals surface area contributed by atoms with E-state index in [1.54, 1.807) is 0 Å². The normalized spacial score (nSPS) is 12.8. The molecule has 0 aliphatic heterocycles. The first kappa shape index (κ1) is 21.9. The zero-order valence-corrected chi connectivity index (χ0v) is 16.9. The molecule has 0 spiro atoms. The van der Waals surface area contributed by atoms with Crippen molar-refractivity contribution in [1.82, 2.24) is 10.6 Å². The molecule has 0 bridgehead atoms. The molecule has 0 radical (unpaired) electrons. The highest BCUT2D eigenvalue weighted by molar-refractivity contribution is 5.79. The van der Waals surface area contributed by atoms with Crippen LogP contribution in [0.1, 0.15) is 23.5 Å². The topological polar surface area (TPSA) is 114 Å². The van der Waals surface area contributed by atoms with Gasteiger partial charge in [-0.1, -0.05) is 61.2 Å². The summed E-state index contributed by atoms with van der Waals surface area (Å²) in [5, 5.41) is 14.0. The van der Waals surface area contributed by atoms with Crippen LogP contribution in [-0.2, 0) is 14.3 Å². The second-order valence-corrected chi connectivity index (χ2v) is 7.03. The molecule has 1 aliphatic rings. The van der Waals surface area contributed by atoms with Crippen molar-refractivity contribution in [3.8, 4) is 11.1 Å². The van der Waals surface area contributed by atoms with Crippen molar-refractivity contribution < 1.29 is 29.0 Å². The molecule has 2 amide bonds. The lowest BCUT2D eigenvalue weighted by molar-refractivity contribution is -0.137. The largest absolute Gasteiger partial charge is 0.481 e. The second kappa shape index (κ2) is 10.3. The third-order valence-corrected chi connectivity index (χ3v) is 4.91. The summed E-state index contributed by atoms with van der Waals surface area (Å²) in [5.74, 6) is -1.23. The average molecular weight is 424 g/mol. The van der Waals surface area contributed by atoms with Gasteiger partial charge in [-0.15, -0.1) is 0 Å². The molecule has 3 N–H and O–H groups in total. The monoisotopic (exact) mass is 424 g/mol. The van der Waals surface area contributed by atoms with Crippen LogP contribution in [0.15, 0.2) is 61.2 Å². The van der Waals surface area contributed by atoms with E-state index in [2.05, 4.69) is 17.2 Å². The number of alkyl carbamates (subject to hydrolysis) is 2. The molecule has 0 fully saturated rings. The summed E-state index contributed by atoms with van der Waals surface area (Å²) in [4.78, 5) is 35.0. The summed E-state index contributed by atoms with van der Waals surface area (Å²) in [7, 11) is 0. The van der Waals surface area contributed by atoms with Crippen LogP contribution in [-0.4, -0.2) is 49.1 Å². The Bertz CT molecular complexity index is 929. The molecule has 3 rings (SSSR count). The molecule has 0 saturated heterocycles. The number of ether oxygens (including phenoxy) is 2. The molecule has 2 aromatic rings. The van der Waals surface area contributed by atoms with Gasteiger partial charge in [-0.3, -0.25) is 4.79 Å². The molecule has 31 heavy (non-hydrogen) atoms. The van der Waals surface area contributed by atoms with Gasteiger partial charge in [0, 0.05) is 12.5 Å². The number of carbonyl (C=O) groups is 3. The molecular formula is C23H24N2O6. The molecule has 0 heterocycles. The predicted octanol–water partition coefficient (Wildman–Crippen LogP) is 3.28. The van der Waals surface area contributed by atoms with Crippen LogP contribution in [0.25, 0.3) is 11.1 Å². The van der Waals surface area contributed by atoms with Gasteiger partial charge in [0.1, 0.15) is 13.2 Å². The minimum absolute atomic E-state index is 0.0231. The van der Waals surface area contributed by atoms with Crippen molar-refractivity contribution in [3.05, 3.63) is 72.3 Å². The highest BCUT2D eigenvalue weighted by Crippen LogP contribution is 2.44. The van der Waals surface area contributed by atoms with E-state index < -0.39 is 24.2 Å². The number of aliphatic carboxylic acids is 1. The van der Waals surface area contributed by atoms with Crippen LogP contribution >= 0.6 is 0 Å². The number of carboxylic acid groups (broad SMARTS) is 1. The molecule has 1 aliphatic carbocycles. The van der Waals surface area contributed by atoms with Gasteiger partial charge in [-0.25, -0.2) is 9.59 Å². The molecule has 8 nitrogen and oxygen atoms in total. The van der Waals surface area contributed by atoms with E-state index in [4.69, 9.17) is 14.6 Å². The van der Waals surface area contributed by atoms with Gasteiger partial charge in [-0.2, -0.15) is 0 Å². The van der Waals surface area contributed by atoms with Gasteiger partial charge in [0.15, 0.2) is 0 Å². The smallest absolute Gasteiger partial charge is 0.407 e. The third-order valence-electron chi connectivity index (χ3n) is 4.91. The summed E-state index contributed by atoms with van der Waals surface area (Å²) < 4.78 is 10.2. The average Bonchev–Trinajstić information content (AvgIpc) is 3.08. The lowest BCUT2D eigenvalue weighted by atomic mass is 9.98. The maximum absolute atomic E-state index is 12.3. The van der Waals surface area contributed by atoms with Crippen molar-refractivity contribution in [2.24, 2.45) is 0 Å². The van der Waals surface area contributed by atoms with E-state index >= 15 is 0 Å². The molecular weight excluding hydrogens is 400 g/mol. The molecule has 0 unspecified atom stereocenters. The minimum Gasteiger partial charge on any atom is -0.481 e. The number of carbonyl (C=O) groups excluding carboxylic acids is 2. The van der Waals surface area contributed by atoms with E-state index in [1.807, 2.05) is 48.5 Å². The van der Waals surface area contributed by atoms with Crippen molar-refractivity contribution >= 4 is 18.2 Å². The van der Waals surface area contributed by atoms with Crippen LogP contribution < -0.4 is 10.6 Å². The summed E-state index contributed by atoms with van der Waals surface area (Å²) in [5.41, 5.74) is 4.37. The van der Waals surface area contributed by atoms with E-state index in [0.29, 0.717) is 0 Å². The molecule has 1 atom stereocenters. The summed E-state index contributed by atoms with van der Waals surface area (Å²) in [6.07, 6.45) is -0.464. The standard InChI is InChI=1S/C23H24N2O6/c1-2-11-30-22(28)24-13-15(12-21(26)27)25-23(29)31-14-20-18-9-5-3-7-16(18)17-8-4-6-10-19(17)20/h2-10,15,20H,1,11-14H2,(H,24,28)(H,25,29)(H,26,27)/t15-/m1/s1. The van der Waals surface area contributed by atoms with E-state index in [9.17, 15) is 14.4 Å². The van der Waals surface area contributed by atoms with Crippen LogP contribution in [0.3, 0.4) is 0 Å². The number of fused-ring (bicyclic) bond motifs is 3. The first-order valence-electron chi connectivity index (χ1n) is 9.84. The predicted molar refractivity (Wildman–Crippen MR) is 114 cm³/mol. The molecule has 8 heteroatoms. The summed E-state index contributed by atoms with van der Waals surface area (Å²) in [6.45, 7) is 3.44. The maximum atomic E-state index is 12.3. The Hall–Kier alpha value is -3.81. The van der Waals surface area contributed by atoms with Crippen molar-refractivity contribution in [2.75, 3.05) is 19.8 Å². The molecule has 0 saturated carbocycles. The Morgan fingerprint density at radius 3 is 2.19 bits per heavy atom. The van der Waals surface area contributed by atoms with E-state index in [-0.39, 0.29) is 32.1 Å². The van der Waals surface area contributed by atoms with Gasteiger partial charge in [0.25, 0.3) is 0 Å². The molecule has 2 aromatic carbocycles. The lowest BCUT2D eigenvalue weighted by Crippen LogP contribution is -2.45. The third kappa shape index (κ3) is 5.63. The fourth-order valence-electron chi connectivity index (χ4n) is 3.58. The fourth-order valence-corrected chi connectivity index (χ4v) is 3.58. The molecule has 0 aromatic heterocycles. The number of amides is 2. The van der Waals surface area contributed by atoms with Crippen LogP contribution in [0.2, 0.25) is 0 Å². The van der Waals surface area contributed by atoms with Crippen LogP contribution in [0.5, 0.6) is 0 Å². The SMILES string of the molecule is C=CCOC(=O)NC[C@@H](CC(=O)O)NC(=O)OCC1c2ccccc2-c2ccccc21. The van der Waals surface area contributed by atoms with Crippen molar-refractivity contribution in [2.45, 2.75) is 18.4 Å². The zero-order valence-electron chi connectivity index (χ0n) is 16.9. The fraction of sp³-hybridized carbons (Fsp3) is 0.261. The quantitative estimate of drug-likeness (QED) is 0.533. The van der Waals surface area contributed by atoms with Gasteiger partial charge in [0.2, 0.25) is 0 Å². The summed E-state index contributed by atoms with van der Waals surface area (Å²) in [6, 6.07) is 15.0. The highest BCUT2D eigenvalue weighted by Gasteiger charge is 2.29. The first-order chi connectivity index (χ1) is 15.0. The Balaban J connectivity index is 1.59. The maximum Gasteiger partial charge on any atom is 0.407 e. The van der Waals surface area contributed by atoms with Crippen molar-refractivity contribution in [3.63, 3.8) is 0 Å². The Morgan fingerprint density at radius 2 is 1.61 bits per heavy atom. The van der Waals surface area contributed by atoms with Gasteiger partial charge < -0.3 is 25.2 Å². The molecule has 162 valence electrons. The number of hydrogen-bond donors (Lipinski definition) is 3. The Kier molecular flexibility index (Phi) is 7.26. The minimum atomic E-state index is -1.12. The highest BCUT2D eigenvalue weighted by atomic mass is 16.6. The van der Waals surface area contributed by atoms with Crippen molar-refractivity contribution in [1.29, 1.82) is 0 Å². The number of rotatable bonds is 9. The second-order valence-electron chi connectivity index (χ2n) is 7.03. The summed E-state index contributed by atoms with van der Waals surface area (Å²) >= 11 is 0. The first-order valence-corrected chi connectivity index (χ1v) is 9.84. The lowest BCUT2D eigenvalue weighted by Gasteiger charge is -2.19. The van der Waals surface area contributed by atoms with E-state index in [1.165, 1.54) is 6.08 Å². The van der Waals surface area contributed by atoms with Crippen LogP contribution in [0, 0.1) is 0 Å². The Morgan fingerprint density at radius 1 is 1.00 bits per heavy atom. The van der Waals surface area contributed by atoms with E-state index in [0.717, 1.165) is 22.3 Å². The Labute approximate surface area is 179 Å². The van der Waals surface area contributed by atoms with Crippen LogP contribution in [0.4, 0.5) is 9.59 Å². The van der Waals surface area contributed by atoms with Gasteiger partial charge in [0.05, 0.1) is 12.5 Å². The number of nitrogens with one attached hydrogen (secondary N) is 2. The number of benzene rings is 2. The van der Waals surface area contributed by atoms with Gasteiger partial charge >= 0.3 is 18.2 Å². The number of hydrogen-bond acceptors (Lipinski definition) is 5. The zero-order chi connectivity index (χ0) is 22.2. The van der Waals surface area contributed by atoms with Gasteiger partial charge in [-0.05, 0) is 22.3 Å².